The first-order valence-electron chi connectivity index (χ1n) is 7.06. The van der Waals surface area contributed by atoms with Crippen LogP contribution in [-0.2, 0) is 10.2 Å². The van der Waals surface area contributed by atoms with Gasteiger partial charge in [0.25, 0.3) is 5.92 Å². The zero-order valence-electron chi connectivity index (χ0n) is 11.5. The lowest BCUT2D eigenvalue weighted by Gasteiger charge is -2.19. The molecule has 1 saturated heterocycles. The van der Waals surface area contributed by atoms with Crippen LogP contribution in [0, 0.1) is 0 Å². The Kier molecular flexibility index (Phi) is 3.78. The Hall–Kier alpha value is -1.01. The molecule has 0 bridgehead atoms. The van der Waals surface area contributed by atoms with E-state index in [4.69, 9.17) is 0 Å². The number of rotatable bonds is 4. The van der Waals surface area contributed by atoms with Crippen molar-refractivity contribution >= 4 is 21.8 Å². The maximum Gasteiger partial charge on any atom is 0.262 e. The fourth-order valence-corrected chi connectivity index (χ4v) is 3.57. The Bertz CT molecular complexity index is 560. The molecule has 0 aromatic heterocycles. The van der Waals surface area contributed by atoms with E-state index < -0.39 is 24.9 Å². The smallest absolute Gasteiger partial charge is 0.262 e. The number of amides is 1. The van der Waals surface area contributed by atoms with Gasteiger partial charge in [0.05, 0.1) is 12.6 Å². The summed E-state index contributed by atoms with van der Waals surface area (Å²) in [5, 5.41) is 5.42. The Morgan fingerprint density at radius 2 is 2.10 bits per heavy atom. The van der Waals surface area contributed by atoms with Gasteiger partial charge in [-0.3, -0.25) is 10.1 Å². The maximum atomic E-state index is 13.1. The summed E-state index contributed by atoms with van der Waals surface area (Å²) in [6.45, 7) is 0.0820. The van der Waals surface area contributed by atoms with Crippen molar-refractivity contribution in [2.24, 2.45) is 0 Å². The van der Waals surface area contributed by atoms with E-state index in [-0.39, 0.29) is 11.3 Å². The largest absolute Gasteiger partial charge is 0.354 e. The Morgan fingerprint density at radius 1 is 1.38 bits per heavy atom. The van der Waals surface area contributed by atoms with Crippen molar-refractivity contribution in [1.82, 2.24) is 10.6 Å². The maximum absolute atomic E-state index is 13.1. The molecule has 114 valence electrons. The molecule has 21 heavy (non-hydrogen) atoms. The molecule has 1 unspecified atom stereocenters. The van der Waals surface area contributed by atoms with E-state index in [9.17, 15) is 13.6 Å². The second kappa shape index (κ2) is 5.32. The van der Waals surface area contributed by atoms with Gasteiger partial charge in [0, 0.05) is 22.9 Å². The second-order valence-electron chi connectivity index (χ2n) is 5.97. The normalized spacial score (nSPS) is 25.6. The highest BCUT2D eigenvalue weighted by Crippen LogP contribution is 2.49. The van der Waals surface area contributed by atoms with Gasteiger partial charge in [-0.25, -0.2) is 8.78 Å². The molecule has 1 atom stereocenters. The predicted octanol–water partition coefficient (Wildman–Crippen LogP) is 2.59. The molecule has 3 nitrogen and oxygen atoms in total. The van der Waals surface area contributed by atoms with Gasteiger partial charge in [-0.05, 0) is 24.5 Å². The minimum Gasteiger partial charge on any atom is -0.354 e. The van der Waals surface area contributed by atoms with E-state index in [0.29, 0.717) is 6.54 Å². The molecule has 1 aliphatic heterocycles. The van der Waals surface area contributed by atoms with Crippen molar-refractivity contribution in [3.8, 4) is 0 Å². The first-order valence-corrected chi connectivity index (χ1v) is 7.85. The third-order valence-corrected chi connectivity index (χ3v) is 5.02. The summed E-state index contributed by atoms with van der Waals surface area (Å²) in [6.07, 6.45) is 1.59. The van der Waals surface area contributed by atoms with Gasteiger partial charge in [-0.15, -0.1) is 0 Å². The molecule has 0 spiro atoms. The molecule has 1 saturated carbocycles. The van der Waals surface area contributed by atoms with E-state index in [2.05, 4.69) is 26.6 Å². The summed E-state index contributed by atoms with van der Waals surface area (Å²) in [5.74, 6) is -3.10. The van der Waals surface area contributed by atoms with Crippen molar-refractivity contribution in [3.63, 3.8) is 0 Å². The molecular formula is C15H17BrF2N2O. The van der Waals surface area contributed by atoms with Gasteiger partial charge in [0.2, 0.25) is 5.91 Å². The van der Waals surface area contributed by atoms with E-state index in [0.717, 1.165) is 17.3 Å². The molecule has 2 fully saturated rings. The minimum absolute atomic E-state index is 0.0448. The minimum atomic E-state index is -2.78. The Balaban J connectivity index is 1.61. The lowest BCUT2D eigenvalue weighted by molar-refractivity contribution is -0.123. The van der Waals surface area contributed by atoms with E-state index >= 15 is 0 Å². The summed E-state index contributed by atoms with van der Waals surface area (Å²) in [4.78, 5) is 12.0. The molecule has 0 radical (unpaired) electrons. The molecule has 3 rings (SSSR count). The fraction of sp³-hybridized carbons (Fsp3) is 0.533. The Labute approximate surface area is 130 Å². The molecule has 1 aromatic rings. The number of alkyl halides is 2. The highest BCUT2D eigenvalue weighted by atomic mass is 79.9. The van der Waals surface area contributed by atoms with Crippen LogP contribution in [0.1, 0.15) is 24.8 Å². The lowest BCUT2D eigenvalue weighted by atomic mass is 9.96. The number of hydrogen-bond acceptors (Lipinski definition) is 2. The number of nitrogens with one attached hydrogen (secondary N) is 2. The average molecular weight is 359 g/mol. The Morgan fingerprint density at radius 3 is 2.67 bits per heavy atom. The third-order valence-electron chi connectivity index (χ3n) is 4.33. The van der Waals surface area contributed by atoms with E-state index in [1.165, 1.54) is 5.56 Å². The highest BCUT2D eigenvalue weighted by molar-refractivity contribution is 9.10. The second-order valence-corrected chi connectivity index (χ2v) is 6.83. The lowest BCUT2D eigenvalue weighted by Crippen LogP contribution is -2.43. The molecule has 2 N–H and O–H groups in total. The topological polar surface area (TPSA) is 41.1 Å². The molecule has 1 aromatic carbocycles. The van der Waals surface area contributed by atoms with Crippen LogP contribution in [0.25, 0.3) is 0 Å². The molecular weight excluding hydrogens is 342 g/mol. The van der Waals surface area contributed by atoms with Crippen molar-refractivity contribution < 1.29 is 13.6 Å². The van der Waals surface area contributed by atoms with Gasteiger partial charge in [-0.2, -0.15) is 0 Å². The number of carbonyl (C=O) groups is 1. The molecule has 1 aliphatic carbocycles. The standard InChI is InChI=1S/C15H17BrF2N2O/c16-11-4-2-1-3-10(11)14(5-6-14)8-20-13(21)12-7-15(17,18)9-19-12/h1-4,12,19H,5-9H2,(H,20,21). The number of halogens is 3. The van der Waals surface area contributed by atoms with Gasteiger partial charge < -0.3 is 5.32 Å². The summed E-state index contributed by atoms with van der Waals surface area (Å²) >= 11 is 3.54. The van der Waals surface area contributed by atoms with Crippen LogP contribution in [0.3, 0.4) is 0 Å². The van der Waals surface area contributed by atoms with Crippen LogP contribution in [0.4, 0.5) is 8.78 Å². The van der Waals surface area contributed by atoms with Crippen LogP contribution < -0.4 is 10.6 Å². The van der Waals surface area contributed by atoms with Crippen LogP contribution in [0.2, 0.25) is 0 Å². The van der Waals surface area contributed by atoms with Gasteiger partial charge in [0.1, 0.15) is 0 Å². The highest BCUT2D eigenvalue weighted by Gasteiger charge is 2.47. The van der Waals surface area contributed by atoms with E-state index in [1.807, 2.05) is 24.3 Å². The fourth-order valence-electron chi connectivity index (χ4n) is 2.86. The molecule has 1 amide bonds. The SMILES string of the molecule is O=C(NCC1(c2ccccc2Br)CC1)C1CC(F)(F)CN1. The van der Waals surface area contributed by atoms with Crippen LogP contribution >= 0.6 is 15.9 Å². The van der Waals surface area contributed by atoms with Crippen molar-refractivity contribution in [3.05, 3.63) is 34.3 Å². The van der Waals surface area contributed by atoms with Crippen LogP contribution in [0.5, 0.6) is 0 Å². The molecule has 6 heteroatoms. The molecule has 2 aliphatic rings. The number of carbonyl (C=O) groups excluding carboxylic acids is 1. The quantitative estimate of drug-likeness (QED) is 0.868. The van der Waals surface area contributed by atoms with Crippen molar-refractivity contribution in [2.45, 2.75) is 36.6 Å². The van der Waals surface area contributed by atoms with Gasteiger partial charge in [0.15, 0.2) is 0 Å². The van der Waals surface area contributed by atoms with Crippen molar-refractivity contribution in [2.75, 3.05) is 13.1 Å². The zero-order valence-corrected chi connectivity index (χ0v) is 13.1. The average Bonchev–Trinajstić information content (AvgIpc) is 3.14. The zero-order chi connectivity index (χ0) is 15.1. The summed E-state index contributed by atoms with van der Waals surface area (Å²) in [7, 11) is 0. The summed E-state index contributed by atoms with van der Waals surface area (Å²) in [5.41, 5.74) is 1.13. The first kappa shape index (κ1) is 14.9. The van der Waals surface area contributed by atoms with Crippen LogP contribution in [-0.4, -0.2) is 31.0 Å². The number of hydrogen-bond donors (Lipinski definition) is 2. The number of benzene rings is 1. The summed E-state index contributed by atoms with van der Waals surface area (Å²) < 4.78 is 27.3. The van der Waals surface area contributed by atoms with Crippen molar-refractivity contribution in [1.29, 1.82) is 0 Å². The van der Waals surface area contributed by atoms with Crippen LogP contribution in [0.15, 0.2) is 28.7 Å². The van der Waals surface area contributed by atoms with Gasteiger partial charge >= 0.3 is 0 Å². The van der Waals surface area contributed by atoms with E-state index in [1.54, 1.807) is 0 Å². The summed E-state index contributed by atoms with van der Waals surface area (Å²) in [6, 6.07) is 7.17. The third kappa shape index (κ3) is 3.11. The van der Waals surface area contributed by atoms with Gasteiger partial charge in [-0.1, -0.05) is 34.1 Å². The molecule has 1 heterocycles. The predicted molar refractivity (Wildman–Crippen MR) is 79.4 cm³/mol. The monoisotopic (exact) mass is 358 g/mol. The first-order chi connectivity index (χ1) is 9.92.